The summed E-state index contributed by atoms with van der Waals surface area (Å²) in [5, 5.41) is 8.15. The van der Waals surface area contributed by atoms with Crippen LogP contribution in [0.15, 0.2) is 42.6 Å². The number of hydrogen-bond donors (Lipinski definition) is 3. The van der Waals surface area contributed by atoms with Gasteiger partial charge in [0.15, 0.2) is 5.82 Å². The molecule has 0 aliphatic carbocycles. The molecule has 0 bridgehead atoms. The van der Waals surface area contributed by atoms with E-state index in [1.807, 2.05) is 6.07 Å². The third-order valence-electron chi connectivity index (χ3n) is 5.38. The highest BCUT2D eigenvalue weighted by Crippen LogP contribution is 2.34. The molecule has 36 heavy (non-hydrogen) atoms. The second-order valence-corrected chi connectivity index (χ2v) is 8.15. The number of carbonyl (C=O) groups excluding carboxylic acids is 2. The van der Waals surface area contributed by atoms with Crippen molar-refractivity contribution in [2.75, 3.05) is 36.2 Å². The highest BCUT2D eigenvalue weighted by Gasteiger charge is 2.31. The van der Waals surface area contributed by atoms with Crippen molar-refractivity contribution in [1.29, 1.82) is 0 Å². The number of anilines is 5. The molecule has 9 nitrogen and oxygen atoms in total. The average molecular weight is 521 g/mol. The van der Waals surface area contributed by atoms with Crippen molar-refractivity contribution in [3.05, 3.63) is 64.3 Å². The maximum Gasteiger partial charge on any atom is 0.416 e. The highest BCUT2D eigenvalue weighted by atomic mass is 35.5. The number of hydrogen-bond acceptors (Lipinski definition) is 7. The normalized spacial score (nSPS) is 13.4. The van der Waals surface area contributed by atoms with Crippen molar-refractivity contribution in [2.45, 2.75) is 12.6 Å². The predicted octanol–water partition coefficient (Wildman–Crippen LogP) is 5.12. The van der Waals surface area contributed by atoms with Crippen LogP contribution in [-0.4, -0.2) is 42.7 Å². The summed E-state index contributed by atoms with van der Waals surface area (Å²) in [6, 6.07) is 7.98. The van der Waals surface area contributed by atoms with E-state index in [-0.39, 0.29) is 34.6 Å². The molecular weight excluding hydrogens is 501 g/mol. The van der Waals surface area contributed by atoms with Crippen LogP contribution in [0.5, 0.6) is 0 Å². The van der Waals surface area contributed by atoms with Crippen LogP contribution in [0, 0.1) is 0 Å². The first-order valence-electron chi connectivity index (χ1n) is 10.6. The largest absolute Gasteiger partial charge is 0.449 e. The zero-order chi connectivity index (χ0) is 26.0. The van der Waals surface area contributed by atoms with Crippen molar-refractivity contribution in [2.24, 2.45) is 0 Å². The Morgan fingerprint density at radius 2 is 1.94 bits per heavy atom. The summed E-state index contributed by atoms with van der Waals surface area (Å²) in [5.41, 5.74) is 1.07. The fourth-order valence-electron chi connectivity index (χ4n) is 3.56. The fraction of sp³-hybridized carbons (Fsp3) is 0.217. The van der Waals surface area contributed by atoms with E-state index in [1.165, 1.54) is 18.1 Å². The van der Waals surface area contributed by atoms with Crippen LogP contribution >= 0.6 is 11.6 Å². The number of nitrogens with one attached hydrogen (secondary N) is 3. The lowest BCUT2D eigenvalue weighted by Gasteiger charge is -2.17. The minimum atomic E-state index is -4.62. The van der Waals surface area contributed by atoms with Crippen molar-refractivity contribution in [3.8, 4) is 0 Å². The van der Waals surface area contributed by atoms with Crippen molar-refractivity contribution in [1.82, 2.24) is 15.3 Å². The van der Waals surface area contributed by atoms with Gasteiger partial charge in [0.05, 0.1) is 35.3 Å². The van der Waals surface area contributed by atoms with Gasteiger partial charge in [-0.05, 0) is 42.0 Å². The molecular formula is C23H20ClF3N6O3. The van der Waals surface area contributed by atoms with E-state index in [9.17, 15) is 22.8 Å². The fourth-order valence-corrected chi connectivity index (χ4v) is 3.70. The monoisotopic (exact) mass is 520 g/mol. The van der Waals surface area contributed by atoms with E-state index in [0.29, 0.717) is 17.8 Å². The Morgan fingerprint density at radius 3 is 2.67 bits per heavy atom. The first-order chi connectivity index (χ1) is 17.1. The van der Waals surface area contributed by atoms with Gasteiger partial charge >= 0.3 is 12.3 Å². The standard InChI is InChI=1S/C23H20ClF3N6O3/c1-28-20(34)15-5-3-13(23(25,26)27)10-17(15)31-19-16(24)11-29-21(32-19)30-14-4-6-18-12(9-14)7-8-36-22(35)33(18)2/h3-6,9-11H,7-8H2,1-2H3,(H,28,34)(H2,29,30,31,32). The molecule has 2 amide bonds. The van der Waals surface area contributed by atoms with Gasteiger partial charge in [-0.1, -0.05) is 11.6 Å². The van der Waals surface area contributed by atoms with Crippen LogP contribution in [-0.2, 0) is 17.3 Å². The number of rotatable bonds is 5. The van der Waals surface area contributed by atoms with E-state index in [2.05, 4.69) is 25.9 Å². The Balaban J connectivity index is 1.64. The predicted molar refractivity (Wildman–Crippen MR) is 128 cm³/mol. The molecule has 1 aromatic heterocycles. The number of aromatic nitrogens is 2. The van der Waals surface area contributed by atoms with E-state index in [4.69, 9.17) is 16.3 Å². The first-order valence-corrected chi connectivity index (χ1v) is 11.0. The molecule has 3 aromatic rings. The number of nitrogens with zero attached hydrogens (tertiary/aromatic N) is 3. The lowest BCUT2D eigenvalue weighted by atomic mass is 10.1. The van der Waals surface area contributed by atoms with Crippen LogP contribution in [0.3, 0.4) is 0 Å². The van der Waals surface area contributed by atoms with E-state index in [1.54, 1.807) is 19.2 Å². The Bertz CT molecular complexity index is 1330. The van der Waals surface area contributed by atoms with Gasteiger partial charge in [0, 0.05) is 26.2 Å². The molecule has 1 aliphatic rings. The quantitative estimate of drug-likeness (QED) is 0.428. The highest BCUT2D eigenvalue weighted by molar-refractivity contribution is 6.33. The van der Waals surface area contributed by atoms with Gasteiger partial charge in [-0.3, -0.25) is 9.69 Å². The SMILES string of the molecule is CNC(=O)c1ccc(C(F)(F)F)cc1Nc1nc(Nc2ccc3c(c2)CCOC(=O)N3C)ncc1Cl. The van der Waals surface area contributed by atoms with E-state index in [0.717, 1.165) is 23.8 Å². The summed E-state index contributed by atoms with van der Waals surface area (Å²) in [7, 11) is 2.98. The van der Waals surface area contributed by atoms with Gasteiger partial charge < -0.3 is 20.7 Å². The van der Waals surface area contributed by atoms with Crippen LogP contribution < -0.4 is 20.9 Å². The van der Waals surface area contributed by atoms with E-state index >= 15 is 0 Å². The second-order valence-electron chi connectivity index (χ2n) is 7.74. The summed E-state index contributed by atoms with van der Waals surface area (Å²) in [5.74, 6) is -0.496. The molecule has 0 saturated carbocycles. The summed E-state index contributed by atoms with van der Waals surface area (Å²) >= 11 is 6.20. The molecule has 0 radical (unpaired) electrons. The van der Waals surface area contributed by atoms with Crippen molar-refractivity contribution < 1.29 is 27.5 Å². The number of fused-ring (bicyclic) bond motifs is 1. The number of benzene rings is 2. The van der Waals surface area contributed by atoms with Crippen LogP contribution in [0.25, 0.3) is 0 Å². The number of halogens is 4. The number of amides is 2. The number of alkyl halides is 3. The number of cyclic esters (lactones) is 1. The zero-order valence-corrected chi connectivity index (χ0v) is 19.8. The van der Waals surface area contributed by atoms with Gasteiger partial charge in [0.25, 0.3) is 5.91 Å². The molecule has 0 spiro atoms. The molecule has 0 fully saturated rings. The lowest BCUT2D eigenvalue weighted by Crippen LogP contribution is -2.25. The number of ether oxygens (including phenoxy) is 1. The smallest absolute Gasteiger partial charge is 0.416 e. The average Bonchev–Trinajstić information content (AvgIpc) is 2.98. The molecule has 188 valence electrons. The molecule has 2 aromatic carbocycles. The molecule has 13 heteroatoms. The molecule has 4 rings (SSSR count). The summed E-state index contributed by atoms with van der Waals surface area (Å²) in [6.45, 7) is 0.232. The minimum Gasteiger partial charge on any atom is -0.449 e. The maximum absolute atomic E-state index is 13.3. The van der Waals surface area contributed by atoms with Crippen molar-refractivity contribution in [3.63, 3.8) is 0 Å². The summed E-state index contributed by atoms with van der Waals surface area (Å²) < 4.78 is 45.0. The molecule has 0 unspecified atom stereocenters. The van der Waals surface area contributed by atoms with Gasteiger partial charge in [-0.15, -0.1) is 0 Å². The molecule has 0 saturated heterocycles. The summed E-state index contributed by atoms with van der Waals surface area (Å²) in [4.78, 5) is 33.9. The van der Waals surface area contributed by atoms with Crippen molar-refractivity contribution >= 4 is 52.4 Å². The maximum atomic E-state index is 13.3. The minimum absolute atomic E-state index is 0.00728. The van der Waals surface area contributed by atoms with Crippen LogP contribution in [0.1, 0.15) is 21.5 Å². The molecule has 2 heterocycles. The molecule has 1 aliphatic heterocycles. The topological polar surface area (TPSA) is 108 Å². The van der Waals surface area contributed by atoms with Gasteiger partial charge in [-0.25, -0.2) is 9.78 Å². The Kier molecular flexibility index (Phi) is 6.88. The lowest BCUT2D eigenvalue weighted by molar-refractivity contribution is -0.137. The Morgan fingerprint density at radius 1 is 1.17 bits per heavy atom. The third kappa shape index (κ3) is 5.28. The Hall–Kier alpha value is -4.06. The first kappa shape index (κ1) is 25.0. The second kappa shape index (κ2) is 9.90. The van der Waals surface area contributed by atoms with Crippen LogP contribution in [0.4, 0.5) is 46.8 Å². The third-order valence-corrected chi connectivity index (χ3v) is 5.66. The summed E-state index contributed by atoms with van der Waals surface area (Å²) in [6.07, 6.45) is -3.28. The van der Waals surface area contributed by atoms with Gasteiger partial charge in [0.2, 0.25) is 5.95 Å². The Labute approximate surface area is 208 Å². The van der Waals surface area contributed by atoms with Gasteiger partial charge in [-0.2, -0.15) is 18.2 Å². The molecule has 0 atom stereocenters. The van der Waals surface area contributed by atoms with Crippen LogP contribution in [0.2, 0.25) is 5.02 Å². The van der Waals surface area contributed by atoms with E-state index < -0.39 is 23.7 Å². The molecule has 3 N–H and O–H groups in total. The van der Waals surface area contributed by atoms with Gasteiger partial charge in [0.1, 0.15) is 5.02 Å². The zero-order valence-electron chi connectivity index (χ0n) is 19.0. The number of carbonyl (C=O) groups is 2.